The molecule has 0 saturated heterocycles. The van der Waals surface area contributed by atoms with Crippen molar-refractivity contribution in [3.05, 3.63) is 106 Å². The first kappa shape index (κ1) is 20.2. The second-order valence-corrected chi connectivity index (χ2v) is 7.44. The van der Waals surface area contributed by atoms with Gasteiger partial charge in [0.1, 0.15) is 0 Å². The highest BCUT2D eigenvalue weighted by atomic mass is 35.5. The molecule has 3 rings (SSSR count). The fourth-order valence-electron chi connectivity index (χ4n) is 3.08. The third-order valence-electron chi connectivity index (χ3n) is 4.30. The third-order valence-corrected chi connectivity index (χ3v) is 4.81. The van der Waals surface area contributed by atoms with Crippen LogP contribution in [0.1, 0.15) is 23.6 Å². The van der Waals surface area contributed by atoms with Crippen molar-refractivity contribution in [1.29, 1.82) is 0 Å². The number of nitrogens with zero attached hydrogens (tertiary/aromatic N) is 1. The van der Waals surface area contributed by atoms with Gasteiger partial charge in [-0.2, -0.15) is 0 Å². The summed E-state index contributed by atoms with van der Waals surface area (Å²) in [7, 11) is 0. The minimum atomic E-state index is -0.0280. The lowest BCUT2D eigenvalue weighted by molar-refractivity contribution is -0.112. The predicted octanol–water partition coefficient (Wildman–Crippen LogP) is 6.80. The Morgan fingerprint density at radius 3 is 1.93 bits per heavy atom. The number of ketones is 1. The van der Waals surface area contributed by atoms with Crippen LogP contribution in [0.15, 0.2) is 78.9 Å². The van der Waals surface area contributed by atoms with Crippen molar-refractivity contribution in [2.75, 3.05) is 4.90 Å². The lowest BCUT2D eigenvalue weighted by Crippen LogP contribution is -2.23. The smallest absolute Gasteiger partial charge is 0.152 e. The molecule has 0 heterocycles. The van der Waals surface area contributed by atoms with Crippen molar-refractivity contribution in [2.24, 2.45) is 0 Å². The number of allylic oxidation sites excluding steroid dienone is 1. The van der Waals surface area contributed by atoms with Gasteiger partial charge in [-0.15, -0.1) is 0 Å². The summed E-state index contributed by atoms with van der Waals surface area (Å²) >= 11 is 12.9. The van der Waals surface area contributed by atoms with Crippen LogP contribution in [-0.4, -0.2) is 5.78 Å². The van der Waals surface area contributed by atoms with E-state index in [2.05, 4.69) is 29.2 Å². The van der Waals surface area contributed by atoms with Crippen LogP contribution in [0, 0.1) is 0 Å². The molecule has 0 unspecified atom stereocenters. The van der Waals surface area contributed by atoms with Gasteiger partial charge in [-0.3, -0.25) is 4.79 Å². The Bertz CT molecular complexity index is 927. The molecule has 0 aromatic heterocycles. The summed E-state index contributed by atoms with van der Waals surface area (Å²) in [4.78, 5) is 13.7. The molecule has 0 bridgehead atoms. The Labute approximate surface area is 176 Å². The summed E-state index contributed by atoms with van der Waals surface area (Å²) < 4.78 is 0. The average Bonchev–Trinajstić information content (AvgIpc) is 2.67. The van der Waals surface area contributed by atoms with Crippen LogP contribution >= 0.6 is 23.2 Å². The molecule has 0 aliphatic rings. The molecule has 142 valence electrons. The number of benzene rings is 3. The second-order valence-electron chi connectivity index (χ2n) is 6.60. The summed E-state index contributed by atoms with van der Waals surface area (Å²) in [5, 5.41) is 1.10. The predicted molar refractivity (Wildman–Crippen MR) is 119 cm³/mol. The molecule has 4 heteroatoms. The van der Waals surface area contributed by atoms with Crippen molar-refractivity contribution < 1.29 is 4.79 Å². The third kappa shape index (κ3) is 5.48. The summed E-state index contributed by atoms with van der Waals surface area (Å²) in [6.45, 7) is 2.88. The Hall–Kier alpha value is -2.55. The summed E-state index contributed by atoms with van der Waals surface area (Å²) in [6, 6.07) is 24.0. The van der Waals surface area contributed by atoms with E-state index in [4.69, 9.17) is 23.2 Å². The second kappa shape index (κ2) is 9.59. The van der Waals surface area contributed by atoms with Crippen molar-refractivity contribution in [3.63, 3.8) is 0 Å². The van der Waals surface area contributed by atoms with E-state index in [1.54, 1.807) is 12.1 Å². The van der Waals surface area contributed by atoms with E-state index < -0.39 is 0 Å². The average molecular weight is 410 g/mol. The lowest BCUT2D eigenvalue weighted by atomic mass is 10.1. The summed E-state index contributed by atoms with van der Waals surface area (Å²) in [5.74, 6) is -0.0280. The molecule has 0 fully saturated rings. The molecule has 2 nitrogen and oxygen atoms in total. The monoisotopic (exact) mass is 409 g/mol. The molecule has 0 spiro atoms. The van der Waals surface area contributed by atoms with Crippen LogP contribution < -0.4 is 4.90 Å². The zero-order valence-corrected chi connectivity index (χ0v) is 17.1. The summed E-state index contributed by atoms with van der Waals surface area (Å²) in [6.07, 6.45) is 3.31. The maximum Gasteiger partial charge on any atom is 0.152 e. The maximum absolute atomic E-state index is 11.5. The largest absolute Gasteiger partial charge is 0.361 e. The molecule has 3 aromatic carbocycles. The molecule has 0 aliphatic carbocycles. The van der Waals surface area contributed by atoms with Crippen molar-refractivity contribution in [2.45, 2.75) is 20.0 Å². The number of halogens is 2. The van der Waals surface area contributed by atoms with E-state index in [9.17, 15) is 4.79 Å². The van der Waals surface area contributed by atoms with Gasteiger partial charge in [-0.05, 0) is 42.3 Å². The standard InChI is InChI=1S/C24H21Cl2NO/c1-18(28)12-13-21-14-22(25)15-23(26)24(21)27(16-19-8-4-2-5-9-19)17-20-10-6-3-7-11-20/h2-15H,16-17H2,1H3/b13-12+. The Morgan fingerprint density at radius 2 is 1.43 bits per heavy atom. The van der Waals surface area contributed by atoms with Gasteiger partial charge in [0, 0.05) is 23.7 Å². The molecular weight excluding hydrogens is 389 g/mol. The van der Waals surface area contributed by atoms with Gasteiger partial charge in [0.15, 0.2) is 5.78 Å². The van der Waals surface area contributed by atoms with Gasteiger partial charge in [0.25, 0.3) is 0 Å². The highest BCUT2D eigenvalue weighted by Crippen LogP contribution is 2.36. The van der Waals surface area contributed by atoms with E-state index in [0.717, 1.165) is 11.3 Å². The Morgan fingerprint density at radius 1 is 0.893 bits per heavy atom. The molecule has 3 aromatic rings. The van der Waals surface area contributed by atoms with Crippen LogP contribution in [0.4, 0.5) is 5.69 Å². The highest BCUT2D eigenvalue weighted by molar-refractivity contribution is 6.37. The number of hydrogen-bond acceptors (Lipinski definition) is 2. The number of carbonyl (C=O) groups excluding carboxylic acids is 1. The van der Waals surface area contributed by atoms with Crippen molar-refractivity contribution >= 4 is 40.7 Å². The van der Waals surface area contributed by atoms with Gasteiger partial charge in [0.2, 0.25) is 0 Å². The van der Waals surface area contributed by atoms with Gasteiger partial charge in [-0.25, -0.2) is 0 Å². The minimum absolute atomic E-state index is 0.0280. The van der Waals surface area contributed by atoms with E-state index in [-0.39, 0.29) is 5.78 Å². The Balaban J connectivity index is 2.07. The van der Waals surface area contributed by atoms with Crippen LogP contribution in [0.25, 0.3) is 6.08 Å². The number of carbonyl (C=O) groups is 1. The zero-order chi connectivity index (χ0) is 19.9. The van der Waals surface area contributed by atoms with E-state index >= 15 is 0 Å². The minimum Gasteiger partial charge on any atom is -0.361 e. The number of anilines is 1. The van der Waals surface area contributed by atoms with Crippen LogP contribution in [-0.2, 0) is 17.9 Å². The first-order chi connectivity index (χ1) is 13.5. The molecule has 0 radical (unpaired) electrons. The van der Waals surface area contributed by atoms with Crippen molar-refractivity contribution in [1.82, 2.24) is 0 Å². The lowest BCUT2D eigenvalue weighted by Gasteiger charge is -2.28. The van der Waals surface area contributed by atoms with Gasteiger partial charge in [0.05, 0.1) is 10.7 Å². The number of rotatable bonds is 7. The molecule has 28 heavy (non-hydrogen) atoms. The molecule has 0 aliphatic heterocycles. The quantitative estimate of drug-likeness (QED) is 0.399. The maximum atomic E-state index is 11.5. The number of hydrogen-bond donors (Lipinski definition) is 0. The zero-order valence-electron chi connectivity index (χ0n) is 15.6. The molecule has 0 saturated carbocycles. The first-order valence-electron chi connectivity index (χ1n) is 9.03. The van der Waals surface area contributed by atoms with Gasteiger partial charge in [-0.1, -0.05) is 83.9 Å². The van der Waals surface area contributed by atoms with E-state index in [1.165, 1.54) is 24.1 Å². The summed E-state index contributed by atoms with van der Waals surface area (Å²) in [5.41, 5.74) is 4.02. The van der Waals surface area contributed by atoms with E-state index in [0.29, 0.717) is 23.1 Å². The molecule has 0 N–H and O–H groups in total. The fourth-order valence-corrected chi connectivity index (χ4v) is 3.70. The highest BCUT2D eigenvalue weighted by Gasteiger charge is 2.16. The topological polar surface area (TPSA) is 20.3 Å². The normalized spacial score (nSPS) is 11.0. The van der Waals surface area contributed by atoms with Crippen LogP contribution in [0.3, 0.4) is 0 Å². The fraction of sp³-hybridized carbons (Fsp3) is 0.125. The molecular formula is C24H21Cl2NO. The van der Waals surface area contributed by atoms with Crippen molar-refractivity contribution in [3.8, 4) is 0 Å². The van der Waals surface area contributed by atoms with Gasteiger partial charge < -0.3 is 4.90 Å². The molecule has 0 atom stereocenters. The SMILES string of the molecule is CC(=O)/C=C/c1cc(Cl)cc(Cl)c1N(Cc1ccccc1)Cc1ccccc1. The van der Waals surface area contributed by atoms with Crippen LogP contribution in [0.2, 0.25) is 10.0 Å². The van der Waals surface area contributed by atoms with Crippen LogP contribution in [0.5, 0.6) is 0 Å². The van der Waals surface area contributed by atoms with Gasteiger partial charge >= 0.3 is 0 Å². The molecule has 0 amide bonds. The Kier molecular flexibility index (Phi) is 6.91. The first-order valence-corrected chi connectivity index (χ1v) is 9.79. The van der Waals surface area contributed by atoms with E-state index in [1.807, 2.05) is 42.5 Å².